The van der Waals surface area contributed by atoms with Gasteiger partial charge in [-0.2, -0.15) is 0 Å². The highest BCUT2D eigenvalue weighted by Crippen LogP contribution is 2.43. The second-order valence-electron chi connectivity index (χ2n) is 7.55. The van der Waals surface area contributed by atoms with E-state index in [0.29, 0.717) is 46.7 Å². The molecule has 31 heavy (non-hydrogen) atoms. The third-order valence-corrected chi connectivity index (χ3v) is 5.93. The number of aromatic nitrogens is 1. The van der Waals surface area contributed by atoms with Crippen molar-refractivity contribution >= 4 is 35.1 Å². The van der Waals surface area contributed by atoms with Gasteiger partial charge in [0.25, 0.3) is 0 Å². The summed E-state index contributed by atoms with van der Waals surface area (Å²) >= 11 is 12.2. The number of hydrogen-bond donors (Lipinski definition) is 0. The van der Waals surface area contributed by atoms with Gasteiger partial charge in [-0.3, -0.25) is 14.7 Å². The van der Waals surface area contributed by atoms with Crippen LogP contribution in [0.15, 0.2) is 54.4 Å². The number of ether oxygens (including phenoxy) is 2. The summed E-state index contributed by atoms with van der Waals surface area (Å²) in [4.78, 5) is 19.6. The summed E-state index contributed by atoms with van der Waals surface area (Å²) in [5, 5.41) is 0.988. The molecule has 3 heterocycles. The number of benzene rings is 2. The van der Waals surface area contributed by atoms with Gasteiger partial charge in [0.15, 0.2) is 5.76 Å². The molecule has 5 rings (SSSR count). The van der Waals surface area contributed by atoms with Crippen molar-refractivity contribution in [3.05, 3.63) is 92.4 Å². The van der Waals surface area contributed by atoms with Gasteiger partial charge in [-0.25, -0.2) is 0 Å². The zero-order chi connectivity index (χ0) is 21.5. The van der Waals surface area contributed by atoms with Gasteiger partial charge in [0.1, 0.15) is 18.2 Å². The van der Waals surface area contributed by atoms with Crippen molar-refractivity contribution in [1.29, 1.82) is 0 Å². The van der Waals surface area contributed by atoms with E-state index in [4.69, 9.17) is 32.7 Å². The monoisotopic (exact) mass is 452 g/mol. The lowest BCUT2D eigenvalue weighted by Gasteiger charge is -2.30. The normalized spacial score (nSPS) is 16.6. The average Bonchev–Trinajstić information content (AvgIpc) is 3.07. The highest BCUT2D eigenvalue weighted by atomic mass is 35.5. The van der Waals surface area contributed by atoms with Gasteiger partial charge in [0, 0.05) is 40.5 Å². The summed E-state index contributed by atoms with van der Waals surface area (Å²) in [6.07, 6.45) is 3.43. The molecule has 0 aliphatic carbocycles. The predicted octanol–water partition coefficient (Wildman–Crippen LogP) is 5.67. The zero-order valence-electron chi connectivity index (χ0n) is 16.7. The lowest BCUT2D eigenvalue weighted by Crippen LogP contribution is -2.32. The number of rotatable bonds is 3. The minimum atomic E-state index is -0.172. The largest absolute Gasteiger partial charge is 0.477 e. The Balaban J connectivity index is 1.44. The Morgan fingerprint density at radius 3 is 2.81 bits per heavy atom. The minimum Gasteiger partial charge on any atom is -0.477 e. The number of allylic oxidation sites excluding steroid dienone is 1. The van der Waals surface area contributed by atoms with Crippen LogP contribution in [0.25, 0.3) is 6.08 Å². The number of halogens is 2. The highest BCUT2D eigenvalue weighted by molar-refractivity contribution is 6.35. The summed E-state index contributed by atoms with van der Waals surface area (Å²) in [7, 11) is 0. The van der Waals surface area contributed by atoms with Crippen LogP contribution in [0, 0.1) is 6.92 Å². The van der Waals surface area contributed by atoms with E-state index in [2.05, 4.69) is 9.88 Å². The lowest BCUT2D eigenvalue weighted by molar-refractivity contribution is 0.0865. The third kappa shape index (κ3) is 3.81. The number of ketones is 1. The minimum absolute atomic E-state index is 0.172. The SMILES string of the molecule is Cc1c2c(cc3c1O/C(=C\c1ccc(Cl)cc1Cl)C3=O)CN(Cc1ccccn1)CO2. The van der Waals surface area contributed by atoms with Gasteiger partial charge in [-0.15, -0.1) is 0 Å². The molecule has 0 amide bonds. The molecule has 0 radical (unpaired) electrons. The zero-order valence-corrected chi connectivity index (χ0v) is 18.2. The standard InChI is InChI=1S/C24H18Cl2N2O3/c1-14-23-16(11-28(13-30-23)12-18-4-2-3-7-27-18)8-19-22(29)21(31-24(14)19)9-15-5-6-17(25)10-20(15)26/h2-10H,11-13H2,1H3/b21-9-. The fraction of sp³-hybridized carbons (Fsp3) is 0.167. The molecule has 0 atom stereocenters. The van der Waals surface area contributed by atoms with Crippen LogP contribution in [-0.4, -0.2) is 22.4 Å². The van der Waals surface area contributed by atoms with E-state index in [1.807, 2.05) is 31.2 Å². The summed E-state index contributed by atoms with van der Waals surface area (Å²) in [5.41, 5.74) is 3.96. The number of Topliss-reactive ketones (excluding diaryl/α,β-unsaturated/α-hetero) is 1. The van der Waals surface area contributed by atoms with E-state index >= 15 is 0 Å². The van der Waals surface area contributed by atoms with Gasteiger partial charge >= 0.3 is 0 Å². The second kappa shape index (κ2) is 8.00. The molecule has 0 unspecified atom stereocenters. The van der Waals surface area contributed by atoms with Crippen LogP contribution in [0.5, 0.6) is 11.5 Å². The summed E-state index contributed by atoms with van der Waals surface area (Å²) in [6, 6.07) is 12.8. The predicted molar refractivity (Wildman–Crippen MR) is 120 cm³/mol. The van der Waals surface area contributed by atoms with Crippen LogP contribution in [0.4, 0.5) is 0 Å². The molecule has 2 aromatic carbocycles. The van der Waals surface area contributed by atoms with Gasteiger partial charge in [-0.05, 0) is 48.9 Å². The molecule has 0 spiro atoms. The molecule has 3 aromatic rings. The first-order valence-electron chi connectivity index (χ1n) is 9.80. The molecule has 156 valence electrons. The number of carbonyl (C=O) groups excluding carboxylic acids is 1. The molecule has 0 bridgehead atoms. The first-order chi connectivity index (χ1) is 15.0. The Bertz CT molecular complexity index is 1230. The van der Waals surface area contributed by atoms with Crippen LogP contribution < -0.4 is 9.47 Å². The maximum absolute atomic E-state index is 13.1. The first kappa shape index (κ1) is 20.1. The van der Waals surface area contributed by atoms with Crippen LogP contribution >= 0.6 is 23.2 Å². The molecule has 2 aliphatic heterocycles. The molecule has 0 fully saturated rings. The maximum Gasteiger partial charge on any atom is 0.231 e. The molecule has 0 N–H and O–H groups in total. The fourth-order valence-corrected chi connectivity index (χ4v) is 4.34. The topological polar surface area (TPSA) is 51.7 Å². The van der Waals surface area contributed by atoms with E-state index in [1.165, 1.54) is 0 Å². The maximum atomic E-state index is 13.1. The molecular weight excluding hydrogens is 435 g/mol. The van der Waals surface area contributed by atoms with Crippen LogP contribution in [0.3, 0.4) is 0 Å². The number of pyridine rings is 1. The quantitative estimate of drug-likeness (QED) is 0.479. The van der Waals surface area contributed by atoms with Crippen molar-refractivity contribution in [3.63, 3.8) is 0 Å². The molecule has 0 saturated carbocycles. The lowest BCUT2D eigenvalue weighted by atomic mass is 10.00. The van der Waals surface area contributed by atoms with Gasteiger partial charge < -0.3 is 9.47 Å². The van der Waals surface area contributed by atoms with Gasteiger partial charge in [-0.1, -0.05) is 35.3 Å². The van der Waals surface area contributed by atoms with Crippen molar-refractivity contribution in [2.45, 2.75) is 20.0 Å². The number of nitrogens with zero attached hydrogens (tertiary/aromatic N) is 2. The van der Waals surface area contributed by atoms with Crippen molar-refractivity contribution in [2.24, 2.45) is 0 Å². The first-order valence-corrected chi connectivity index (χ1v) is 10.6. The summed E-state index contributed by atoms with van der Waals surface area (Å²) < 4.78 is 12.0. The number of fused-ring (bicyclic) bond motifs is 2. The fourth-order valence-electron chi connectivity index (χ4n) is 3.88. The highest BCUT2D eigenvalue weighted by Gasteiger charge is 2.33. The average molecular weight is 453 g/mol. The third-order valence-electron chi connectivity index (χ3n) is 5.36. The molecular formula is C24H18Cl2N2O3. The Morgan fingerprint density at radius 1 is 1.16 bits per heavy atom. The van der Waals surface area contributed by atoms with Crippen molar-refractivity contribution in [2.75, 3.05) is 6.73 Å². The van der Waals surface area contributed by atoms with E-state index in [0.717, 1.165) is 22.6 Å². The molecule has 7 heteroatoms. The molecule has 1 aromatic heterocycles. The Labute approximate surface area is 189 Å². The molecule has 0 saturated heterocycles. The van der Waals surface area contributed by atoms with E-state index in [9.17, 15) is 4.79 Å². The van der Waals surface area contributed by atoms with E-state index in [-0.39, 0.29) is 11.5 Å². The number of carbonyl (C=O) groups is 1. The smallest absolute Gasteiger partial charge is 0.231 e. The molecule has 5 nitrogen and oxygen atoms in total. The molecule has 2 aliphatic rings. The Kier molecular flexibility index (Phi) is 5.18. The van der Waals surface area contributed by atoms with E-state index < -0.39 is 0 Å². The second-order valence-corrected chi connectivity index (χ2v) is 8.40. The van der Waals surface area contributed by atoms with Crippen LogP contribution in [0.2, 0.25) is 10.0 Å². The van der Waals surface area contributed by atoms with Crippen molar-refractivity contribution in [3.8, 4) is 11.5 Å². The summed E-state index contributed by atoms with van der Waals surface area (Å²) in [6.45, 7) is 3.69. The van der Waals surface area contributed by atoms with E-state index in [1.54, 1.807) is 30.5 Å². The summed E-state index contributed by atoms with van der Waals surface area (Å²) in [5.74, 6) is 1.37. The van der Waals surface area contributed by atoms with Gasteiger partial charge in [0.05, 0.1) is 11.3 Å². The van der Waals surface area contributed by atoms with Crippen LogP contribution in [0.1, 0.15) is 32.7 Å². The Hall–Kier alpha value is -2.86. The Morgan fingerprint density at radius 2 is 2.03 bits per heavy atom. The van der Waals surface area contributed by atoms with Gasteiger partial charge in [0.2, 0.25) is 5.78 Å². The van der Waals surface area contributed by atoms with Crippen molar-refractivity contribution in [1.82, 2.24) is 9.88 Å². The van der Waals surface area contributed by atoms with Crippen molar-refractivity contribution < 1.29 is 14.3 Å². The number of hydrogen-bond acceptors (Lipinski definition) is 5. The van der Waals surface area contributed by atoms with Crippen LogP contribution in [-0.2, 0) is 13.1 Å².